The van der Waals surface area contributed by atoms with Crippen molar-refractivity contribution >= 4 is 21.6 Å². The molecule has 0 aliphatic carbocycles. The molecule has 5 heteroatoms. The third kappa shape index (κ3) is 2.61. The van der Waals surface area contributed by atoms with E-state index in [4.69, 9.17) is 0 Å². The minimum absolute atomic E-state index is 0.673. The molecule has 0 amide bonds. The van der Waals surface area contributed by atoms with E-state index in [0.717, 1.165) is 16.0 Å². The van der Waals surface area contributed by atoms with Gasteiger partial charge >= 0.3 is 0 Å². The summed E-state index contributed by atoms with van der Waals surface area (Å²) in [5, 5.41) is 11.2. The van der Waals surface area contributed by atoms with Crippen LogP contribution in [-0.2, 0) is 13.6 Å². The average molecular weight is 281 g/mol. The van der Waals surface area contributed by atoms with Crippen LogP contribution in [0.25, 0.3) is 0 Å². The Labute approximate surface area is 103 Å². The number of nitrogens with zero attached hydrogens (tertiary/aromatic N) is 3. The van der Waals surface area contributed by atoms with Crippen LogP contribution in [0.1, 0.15) is 11.4 Å². The summed E-state index contributed by atoms with van der Waals surface area (Å²) in [6.45, 7) is 2.74. The van der Waals surface area contributed by atoms with Gasteiger partial charge in [0.2, 0.25) is 0 Å². The molecular weight excluding hydrogens is 268 g/mol. The van der Waals surface area contributed by atoms with E-state index in [1.165, 1.54) is 5.56 Å². The van der Waals surface area contributed by atoms with Crippen molar-refractivity contribution in [3.63, 3.8) is 0 Å². The SMILES string of the molecule is Cc1cc(Br)cc(NCc2nncn2C)c1. The van der Waals surface area contributed by atoms with Crippen LogP contribution in [0.15, 0.2) is 29.0 Å². The van der Waals surface area contributed by atoms with Crippen molar-refractivity contribution in [3.8, 4) is 0 Å². The van der Waals surface area contributed by atoms with Gasteiger partial charge in [0, 0.05) is 17.2 Å². The molecule has 1 heterocycles. The minimum atomic E-state index is 0.673. The monoisotopic (exact) mass is 280 g/mol. The predicted octanol–water partition coefficient (Wildman–Crippen LogP) is 2.50. The van der Waals surface area contributed by atoms with E-state index in [0.29, 0.717) is 6.54 Å². The van der Waals surface area contributed by atoms with E-state index in [2.05, 4.69) is 50.5 Å². The zero-order valence-electron chi connectivity index (χ0n) is 9.24. The molecule has 0 aliphatic heterocycles. The first-order valence-electron chi connectivity index (χ1n) is 4.99. The van der Waals surface area contributed by atoms with Crippen LogP contribution in [0.4, 0.5) is 5.69 Å². The van der Waals surface area contributed by atoms with Crippen LogP contribution in [0.2, 0.25) is 0 Å². The lowest BCUT2D eigenvalue weighted by Crippen LogP contribution is -2.05. The zero-order valence-corrected chi connectivity index (χ0v) is 10.8. The highest BCUT2D eigenvalue weighted by atomic mass is 79.9. The molecule has 0 atom stereocenters. The Hall–Kier alpha value is -1.36. The molecule has 4 nitrogen and oxygen atoms in total. The van der Waals surface area contributed by atoms with Gasteiger partial charge in [-0.15, -0.1) is 10.2 Å². The Morgan fingerprint density at radius 1 is 1.38 bits per heavy atom. The summed E-state index contributed by atoms with van der Waals surface area (Å²) < 4.78 is 2.98. The van der Waals surface area contributed by atoms with Gasteiger partial charge in [0.05, 0.1) is 6.54 Å². The predicted molar refractivity (Wildman–Crippen MR) is 67.2 cm³/mol. The third-order valence-electron chi connectivity index (χ3n) is 2.30. The van der Waals surface area contributed by atoms with Crippen molar-refractivity contribution in [3.05, 3.63) is 40.4 Å². The molecule has 1 N–H and O–H groups in total. The maximum atomic E-state index is 4.01. The summed E-state index contributed by atoms with van der Waals surface area (Å²) in [6.07, 6.45) is 1.70. The topological polar surface area (TPSA) is 42.7 Å². The smallest absolute Gasteiger partial charge is 0.151 e. The van der Waals surface area contributed by atoms with E-state index < -0.39 is 0 Å². The summed E-state index contributed by atoms with van der Waals surface area (Å²) in [6, 6.07) is 6.22. The van der Waals surface area contributed by atoms with Gasteiger partial charge in [-0.1, -0.05) is 15.9 Å². The fourth-order valence-corrected chi connectivity index (χ4v) is 2.09. The van der Waals surface area contributed by atoms with Gasteiger partial charge in [-0.25, -0.2) is 0 Å². The molecule has 0 bridgehead atoms. The summed E-state index contributed by atoms with van der Waals surface area (Å²) in [7, 11) is 1.93. The third-order valence-corrected chi connectivity index (χ3v) is 2.76. The highest BCUT2D eigenvalue weighted by molar-refractivity contribution is 9.10. The number of anilines is 1. The van der Waals surface area contributed by atoms with E-state index in [1.807, 2.05) is 17.7 Å². The fourth-order valence-electron chi connectivity index (χ4n) is 1.49. The van der Waals surface area contributed by atoms with Crippen molar-refractivity contribution < 1.29 is 0 Å². The van der Waals surface area contributed by atoms with Gasteiger partial charge < -0.3 is 9.88 Å². The quantitative estimate of drug-likeness (QED) is 0.940. The van der Waals surface area contributed by atoms with Crippen LogP contribution in [0.5, 0.6) is 0 Å². The lowest BCUT2D eigenvalue weighted by atomic mass is 10.2. The second-order valence-electron chi connectivity index (χ2n) is 3.73. The van der Waals surface area contributed by atoms with Gasteiger partial charge in [-0.05, 0) is 30.7 Å². The number of aromatic nitrogens is 3. The summed E-state index contributed by atoms with van der Waals surface area (Å²) >= 11 is 3.47. The van der Waals surface area contributed by atoms with Crippen molar-refractivity contribution in [2.24, 2.45) is 7.05 Å². The Morgan fingerprint density at radius 2 is 2.19 bits per heavy atom. The molecule has 1 aromatic carbocycles. The molecule has 0 radical (unpaired) electrons. The number of halogens is 1. The summed E-state index contributed by atoms with van der Waals surface area (Å²) in [4.78, 5) is 0. The normalized spacial score (nSPS) is 10.4. The lowest BCUT2D eigenvalue weighted by Gasteiger charge is -2.07. The first-order chi connectivity index (χ1) is 7.65. The molecule has 0 spiro atoms. The molecule has 84 valence electrons. The Balaban J connectivity index is 2.07. The second kappa shape index (κ2) is 4.65. The number of nitrogens with one attached hydrogen (secondary N) is 1. The van der Waals surface area contributed by atoms with Gasteiger partial charge in [0.25, 0.3) is 0 Å². The molecule has 0 fully saturated rings. The highest BCUT2D eigenvalue weighted by Gasteiger charge is 2.01. The maximum absolute atomic E-state index is 4.01. The van der Waals surface area contributed by atoms with Crippen LogP contribution < -0.4 is 5.32 Å². The molecule has 0 saturated carbocycles. The Bertz CT molecular complexity index is 472. The number of benzene rings is 1. The Morgan fingerprint density at radius 3 is 2.81 bits per heavy atom. The Kier molecular flexibility index (Phi) is 3.24. The van der Waals surface area contributed by atoms with Crippen molar-refractivity contribution in [1.82, 2.24) is 14.8 Å². The number of aryl methyl sites for hydroxylation is 2. The van der Waals surface area contributed by atoms with Crippen LogP contribution >= 0.6 is 15.9 Å². The second-order valence-corrected chi connectivity index (χ2v) is 4.64. The van der Waals surface area contributed by atoms with Gasteiger partial charge in [0.1, 0.15) is 6.33 Å². The minimum Gasteiger partial charge on any atom is -0.378 e. The molecule has 0 aliphatic rings. The van der Waals surface area contributed by atoms with Crippen LogP contribution in [0, 0.1) is 6.92 Å². The number of rotatable bonds is 3. The number of hydrogen-bond acceptors (Lipinski definition) is 3. The van der Waals surface area contributed by atoms with Crippen molar-refractivity contribution in [2.75, 3.05) is 5.32 Å². The van der Waals surface area contributed by atoms with Gasteiger partial charge in [0.15, 0.2) is 5.82 Å². The lowest BCUT2D eigenvalue weighted by molar-refractivity contribution is 0.812. The van der Waals surface area contributed by atoms with Crippen LogP contribution in [0.3, 0.4) is 0 Å². The molecule has 16 heavy (non-hydrogen) atoms. The van der Waals surface area contributed by atoms with Gasteiger partial charge in [-0.2, -0.15) is 0 Å². The standard InChI is InChI=1S/C11H13BrN4/c1-8-3-9(12)5-10(4-8)13-6-11-15-14-7-16(11)2/h3-5,7,13H,6H2,1-2H3. The highest BCUT2D eigenvalue weighted by Crippen LogP contribution is 2.19. The summed E-state index contributed by atoms with van der Waals surface area (Å²) in [5.41, 5.74) is 2.30. The first kappa shape index (κ1) is 11.1. The van der Waals surface area contributed by atoms with E-state index in [1.54, 1.807) is 6.33 Å². The van der Waals surface area contributed by atoms with E-state index in [9.17, 15) is 0 Å². The molecule has 2 rings (SSSR count). The largest absolute Gasteiger partial charge is 0.378 e. The maximum Gasteiger partial charge on any atom is 0.151 e. The van der Waals surface area contributed by atoms with E-state index in [-0.39, 0.29) is 0 Å². The molecule has 1 aromatic heterocycles. The zero-order chi connectivity index (χ0) is 11.5. The molecule has 0 saturated heterocycles. The summed E-state index contributed by atoms with van der Waals surface area (Å²) in [5.74, 6) is 0.914. The average Bonchev–Trinajstić information content (AvgIpc) is 2.59. The van der Waals surface area contributed by atoms with Crippen molar-refractivity contribution in [1.29, 1.82) is 0 Å². The fraction of sp³-hybridized carbons (Fsp3) is 0.273. The number of hydrogen-bond donors (Lipinski definition) is 1. The van der Waals surface area contributed by atoms with Gasteiger partial charge in [-0.3, -0.25) is 0 Å². The molecule has 2 aromatic rings. The first-order valence-corrected chi connectivity index (χ1v) is 5.78. The van der Waals surface area contributed by atoms with E-state index >= 15 is 0 Å². The van der Waals surface area contributed by atoms with Crippen LogP contribution in [-0.4, -0.2) is 14.8 Å². The van der Waals surface area contributed by atoms with Crippen molar-refractivity contribution in [2.45, 2.75) is 13.5 Å². The molecule has 0 unspecified atom stereocenters. The molecular formula is C11H13BrN4.